The van der Waals surface area contributed by atoms with Crippen molar-refractivity contribution in [2.75, 3.05) is 37.9 Å². The highest BCUT2D eigenvalue weighted by Crippen LogP contribution is 2.36. The molecule has 1 saturated heterocycles. The van der Waals surface area contributed by atoms with E-state index in [-0.39, 0.29) is 25.3 Å². The van der Waals surface area contributed by atoms with Crippen LogP contribution in [0.5, 0.6) is 11.5 Å². The lowest BCUT2D eigenvalue weighted by molar-refractivity contribution is -0.121. The molecule has 0 saturated carbocycles. The molecule has 0 spiro atoms. The van der Waals surface area contributed by atoms with Crippen LogP contribution < -0.4 is 19.7 Å². The first-order valence-electron chi connectivity index (χ1n) is 7.02. The molecule has 0 atom stereocenters. The number of ether oxygens (including phenoxy) is 2. The minimum atomic E-state index is -0.194. The van der Waals surface area contributed by atoms with Crippen LogP contribution in [0, 0.1) is 0 Å². The maximum absolute atomic E-state index is 12.4. The molecule has 1 aromatic carbocycles. The highest BCUT2D eigenvalue weighted by molar-refractivity contribution is 5.96. The number of amides is 3. The zero-order chi connectivity index (χ0) is 15.5. The Morgan fingerprint density at radius 3 is 2.95 bits per heavy atom. The molecule has 1 aromatic rings. The van der Waals surface area contributed by atoms with Crippen molar-refractivity contribution in [3.63, 3.8) is 0 Å². The van der Waals surface area contributed by atoms with Gasteiger partial charge in [-0.05, 0) is 12.1 Å². The second-order valence-corrected chi connectivity index (χ2v) is 4.99. The fourth-order valence-corrected chi connectivity index (χ4v) is 2.44. The fraction of sp³-hybridized carbons (Fsp3) is 0.333. The molecule has 0 unspecified atom stereocenters. The molecule has 116 valence electrons. The van der Waals surface area contributed by atoms with Gasteiger partial charge in [0, 0.05) is 31.4 Å². The first-order chi connectivity index (χ1) is 10.7. The molecule has 7 heteroatoms. The summed E-state index contributed by atoms with van der Waals surface area (Å²) in [5.41, 5.74) is 0.739. The molecule has 2 aliphatic rings. The standard InChI is InChI=1S/C15H17N3O4/c1-2-5-16-14(19)9-17-6-7-18(15(17)20)11-3-4-12-13(8-11)22-10-21-12/h2-4,8H,1,5-7,9-10H2,(H,16,19). The van der Waals surface area contributed by atoms with Gasteiger partial charge in [-0.1, -0.05) is 6.08 Å². The summed E-state index contributed by atoms with van der Waals surface area (Å²) in [4.78, 5) is 27.2. The van der Waals surface area contributed by atoms with E-state index in [2.05, 4.69) is 11.9 Å². The third-order valence-electron chi connectivity index (χ3n) is 3.54. The number of anilines is 1. The number of nitrogens with zero attached hydrogens (tertiary/aromatic N) is 2. The maximum atomic E-state index is 12.4. The van der Waals surface area contributed by atoms with E-state index in [1.54, 1.807) is 23.1 Å². The summed E-state index contributed by atoms with van der Waals surface area (Å²) in [5, 5.41) is 2.66. The van der Waals surface area contributed by atoms with Crippen molar-refractivity contribution in [1.82, 2.24) is 10.2 Å². The van der Waals surface area contributed by atoms with E-state index in [0.29, 0.717) is 31.1 Å². The van der Waals surface area contributed by atoms with Gasteiger partial charge in [-0.15, -0.1) is 6.58 Å². The van der Waals surface area contributed by atoms with E-state index in [4.69, 9.17) is 9.47 Å². The van der Waals surface area contributed by atoms with Gasteiger partial charge in [0.1, 0.15) is 6.54 Å². The highest BCUT2D eigenvalue weighted by Gasteiger charge is 2.31. The van der Waals surface area contributed by atoms with Crippen molar-refractivity contribution < 1.29 is 19.1 Å². The number of carbonyl (C=O) groups excluding carboxylic acids is 2. The Bertz CT molecular complexity index is 617. The molecule has 3 rings (SSSR count). The number of hydrogen-bond acceptors (Lipinski definition) is 4. The number of carbonyl (C=O) groups is 2. The van der Waals surface area contributed by atoms with Crippen molar-refractivity contribution >= 4 is 17.6 Å². The Kier molecular flexibility index (Phi) is 3.86. The van der Waals surface area contributed by atoms with Crippen LogP contribution in [0.3, 0.4) is 0 Å². The fourth-order valence-electron chi connectivity index (χ4n) is 2.44. The van der Waals surface area contributed by atoms with Crippen molar-refractivity contribution in [3.8, 4) is 11.5 Å². The van der Waals surface area contributed by atoms with Gasteiger partial charge in [0.2, 0.25) is 12.7 Å². The maximum Gasteiger partial charge on any atom is 0.325 e. The topological polar surface area (TPSA) is 71.1 Å². The first-order valence-corrected chi connectivity index (χ1v) is 7.02. The van der Waals surface area contributed by atoms with E-state index in [1.165, 1.54) is 4.90 Å². The second-order valence-electron chi connectivity index (χ2n) is 4.99. The first kappa shape index (κ1) is 14.2. The Morgan fingerprint density at radius 1 is 1.32 bits per heavy atom. The molecule has 1 N–H and O–H groups in total. The van der Waals surface area contributed by atoms with Crippen molar-refractivity contribution in [2.24, 2.45) is 0 Å². The Hall–Kier alpha value is -2.70. The van der Waals surface area contributed by atoms with Crippen LogP contribution in [0.15, 0.2) is 30.9 Å². The summed E-state index contributed by atoms with van der Waals surface area (Å²) >= 11 is 0. The predicted molar refractivity (Wildman–Crippen MR) is 80.1 cm³/mol. The van der Waals surface area contributed by atoms with Gasteiger partial charge >= 0.3 is 6.03 Å². The molecule has 0 aromatic heterocycles. The van der Waals surface area contributed by atoms with Crippen LogP contribution in [0.4, 0.5) is 10.5 Å². The van der Waals surface area contributed by atoms with Gasteiger partial charge < -0.3 is 19.7 Å². The normalized spacial score (nSPS) is 16.1. The lowest BCUT2D eigenvalue weighted by atomic mass is 10.2. The average Bonchev–Trinajstić information content (AvgIpc) is 3.12. The summed E-state index contributed by atoms with van der Waals surface area (Å²) in [7, 11) is 0. The molecule has 2 heterocycles. The van der Waals surface area contributed by atoms with Crippen LogP contribution in [0.1, 0.15) is 0 Å². The van der Waals surface area contributed by atoms with Gasteiger partial charge in [0.25, 0.3) is 0 Å². The zero-order valence-electron chi connectivity index (χ0n) is 12.1. The number of benzene rings is 1. The quantitative estimate of drug-likeness (QED) is 0.823. The lowest BCUT2D eigenvalue weighted by Crippen LogP contribution is -2.40. The number of fused-ring (bicyclic) bond motifs is 1. The number of hydrogen-bond donors (Lipinski definition) is 1. The minimum Gasteiger partial charge on any atom is -0.454 e. The van der Waals surface area contributed by atoms with Crippen molar-refractivity contribution in [1.29, 1.82) is 0 Å². The summed E-state index contributed by atoms with van der Waals surface area (Å²) in [5.74, 6) is 1.12. The van der Waals surface area contributed by atoms with E-state index in [9.17, 15) is 9.59 Å². The predicted octanol–water partition coefficient (Wildman–Crippen LogP) is 0.959. The summed E-state index contributed by atoms with van der Waals surface area (Å²) in [6.07, 6.45) is 1.60. The molecule has 0 radical (unpaired) electrons. The van der Waals surface area contributed by atoms with Crippen molar-refractivity contribution in [3.05, 3.63) is 30.9 Å². The van der Waals surface area contributed by atoms with Crippen molar-refractivity contribution in [2.45, 2.75) is 0 Å². The third kappa shape index (κ3) is 2.69. The van der Waals surface area contributed by atoms with Crippen LogP contribution in [0.25, 0.3) is 0 Å². The van der Waals surface area contributed by atoms with E-state index in [0.717, 1.165) is 5.69 Å². The molecule has 22 heavy (non-hydrogen) atoms. The van der Waals surface area contributed by atoms with Gasteiger partial charge in [0.05, 0.1) is 0 Å². The average molecular weight is 303 g/mol. The SMILES string of the molecule is C=CCNC(=O)CN1CCN(c2ccc3c(c2)OCO3)C1=O. The Balaban J connectivity index is 1.66. The summed E-state index contributed by atoms with van der Waals surface area (Å²) in [6, 6.07) is 5.19. The second kappa shape index (κ2) is 5.97. The Labute approximate surface area is 128 Å². The van der Waals surface area contributed by atoms with Gasteiger partial charge in [-0.2, -0.15) is 0 Å². The van der Waals surface area contributed by atoms with Gasteiger partial charge in [-0.25, -0.2) is 4.79 Å². The van der Waals surface area contributed by atoms with Crippen LogP contribution in [-0.4, -0.2) is 49.8 Å². The van der Waals surface area contributed by atoms with Crippen LogP contribution >= 0.6 is 0 Å². The van der Waals surface area contributed by atoms with Crippen LogP contribution in [-0.2, 0) is 4.79 Å². The Morgan fingerprint density at radius 2 is 2.14 bits per heavy atom. The zero-order valence-corrected chi connectivity index (χ0v) is 12.1. The lowest BCUT2D eigenvalue weighted by Gasteiger charge is -2.18. The molecule has 2 aliphatic heterocycles. The molecule has 0 aliphatic carbocycles. The molecular formula is C15H17N3O4. The van der Waals surface area contributed by atoms with Gasteiger partial charge in [0.15, 0.2) is 11.5 Å². The molecule has 7 nitrogen and oxygen atoms in total. The van der Waals surface area contributed by atoms with Crippen LogP contribution in [0.2, 0.25) is 0 Å². The smallest absolute Gasteiger partial charge is 0.325 e. The molecule has 3 amide bonds. The van der Waals surface area contributed by atoms with E-state index in [1.807, 2.05) is 6.07 Å². The third-order valence-corrected chi connectivity index (χ3v) is 3.54. The number of rotatable bonds is 5. The summed E-state index contributed by atoms with van der Waals surface area (Å²) in [6.45, 7) is 5.22. The molecule has 1 fully saturated rings. The largest absolute Gasteiger partial charge is 0.454 e. The molecular weight excluding hydrogens is 286 g/mol. The number of urea groups is 1. The van der Waals surface area contributed by atoms with E-state index < -0.39 is 0 Å². The number of nitrogens with one attached hydrogen (secondary N) is 1. The minimum absolute atomic E-state index is 0.0493. The van der Waals surface area contributed by atoms with E-state index >= 15 is 0 Å². The monoisotopic (exact) mass is 303 g/mol. The van der Waals surface area contributed by atoms with Gasteiger partial charge in [-0.3, -0.25) is 9.69 Å². The molecule has 0 bridgehead atoms. The summed E-state index contributed by atoms with van der Waals surface area (Å²) < 4.78 is 10.6. The highest BCUT2D eigenvalue weighted by atomic mass is 16.7.